The van der Waals surface area contributed by atoms with Crippen molar-refractivity contribution >= 4 is 46.6 Å². The zero-order valence-corrected chi connectivity index (χ0v) is 13.8. The Morgan fingerprint density at radius 3 is 2.65 bits per heavy atom. The summed E-state index contributed by atoms with van der Waals surface area (Å²) in [6, 6.07) is 2.95. The Morgan fingerprint density at radius 1 is 1.45 bits per heavy atom. The number of halogens is 1. The number of thioether (sulfide) groups is 1. The van der Waals surface area contributed by atoms with E-state index >= 15 is 0 Å². The minimum Gasteiger partial charge on any atom is -0.480 e. The number of thiophene rings is 1. The number of hydrogen-bond acceptors (Lipinski definition) is 4. The lowest BCUT2D eigenvalue weighted by Crippen LogP contribution is -2.42. The first-order valence-electron chi connectivity index (χ1n) is 6.22. The van der Waals surface area contributed by atoms with E-state index in [9.17, 15) is 9.59 Å². The van der Waals surface area contributed by atoms with Gasteiger partial charge in [-0.15, -0.1) is 23.1 Å². The maximum absolute atomic E-state index is 11.7. The van der Waals surface area contributed by atoms with Crippen molar-refractivity contribution in [3.63, 3.8) is 0 Å². The quantitative estimate of drug-likeness (QED) is 0.765. The summed E-state index contributed by atoms with van der Waals surface area (Å²) in [5.41, 5.74) is 0. The molecule has 1 aromatic heterocycles. The summed E-state index contributed by atoms with van der Waals surface area (Å²) in [6.07, 6.45) is 0.437. The summed E-state index contributed by atoms with van der Waals surface area (Å²) >= 11 is 8.75. The fourth-order valence-electron chi connectivity index (χ4n) is 1.60. The van der Waals surface area contributed by atoms with Gasteiger partial charge in [0.2, 0.25) is 5.91 Å². The Balaban J connectivity index is 2.32. The first-order chi connectivity index (χ1) is 9.38. The van der Waals surface area contributed by atoms with Gasteiger partial charge in [-0.2, -0.15) is 0 Å². The number of aliphatic carboxylic acids is 1. The Labute approximate surface area is 131 Å². The van der Waals surface area contributed by atoms with E-state index in [1.54, 1.807) is 0 Å². The second kappa shape index (κ2) is 8.54. The number of amides is 1. The van der Waals surface area contributed by atoms with Crippen LogP contribution < -0.4 is 5.32 Å². The van der Waals surface area contributed by atoms with Gasteiger partial charge in [0.05, 0.1) is 10.1 Å². The molecule has 0 aliphatic heterocycles. The number of carbonyl (C=O) groups excluding carboxylic acids is 1. The molecule has 0 unspecified atom stereocenters. The summed E-state index contributed by atoms with van der Waals surface area (Å²) in [5.74, 6) is -0.0606. The van der Waals surface area contributed by atoms with Crippen molar-refractivity contribution in [3.05, 3.63) is 21.3 Å². The van der Waals surface area contributed by atoms with Crippen LogP contribution in [0.1, 0.15) is 25.1 Å². The van der Waals surface area contributed by atoms with Gasteiger partial charge in [-0.25, -0.2) is 4.79 Å². The van der Waals surface area contributed by atoms with Crippen molar-refractivity contribution in [2.24, 2.45) is 5.92 Å². The molecule has 1 amide bonds. The fraction of sp³-hybridized carbons (Fsp3) is 0.538. The fourth-order valence-corrected chi connectivity index (χ4v) is 3.64. The van der Waals surface area contributed by atoms with Crippen LogP contribution in [0.3, 0.4) is 0 Å². The standard InChI is InChI=1S/C13H18ClNO3S2/c1-8(2)5-10(13(17)18)15-12(16)7-19-6-9-3-4-11(14)20-9/h3-4,8,10H,5-7H2,1-2H3,(H,15,16)(H,17,18)/t10-/m0/s1. The predicted molar refractivity (Wildman–Crippen MR) is 84.5 cm³/mol. The third-order valence-corrected chi connectivity index (χ3v) is 4.84. The van der Waals surface area contributed by atoms with E-state index in [1.165, 1.54) is 23.1 Å². The number of hydrogen-bond donors (Lipinski definition) is 2. The van der Waals surface area contributed by atoms with Crippen LogP contribution in [0.2, 0.25) is 4.34 Å². The van der Waals surface area contributed by atoms with Crippen LogP contribution in [-0.2, 0) is 15.3 Å². The number of carbonyl (C=O) groups is 2. The number of carboxylic acids is 1. The molecule has 20 heavy (non-hydrogen) atoms. The van der Waals surface area contributed by atoms with Gasteiger partial charge in [0.25, 0.3) is 0 Å². The van der Waals surface area contributed by atoms with E-state index in [4.69, 9.17) is 16.7 Å². The minimum atomic E-state index is -0.984. The Hall–Kier alpha value is -0.720. The van der Waals surface area contributed by atoms with E-state index in [1.807, 2.05) is 26.0 Å². The monoisotopic (exact) mass is 335 g/mol. The molecule has 112 valence electrons. The summed E-state index contributed by atoms with van der Waals surface area (Å²) in [7, 11) is 0. The average molecular weight is 336 g/mol. The Bertz CT molecular complexity index is 462. The third-order valence-electron chi connectivity index (χ3n) is 2.45. The van der Waals surface area contributed by atoms with E-state index in [0.717, 1.165) is 9.21 Å². The zero-order valence-electron chi connectivity index (χ0n) is 11.4. The highest BCUT2D eigenvalue weighted by Crippen LogP contribution is 2.25. The van der Waals surface area contributed by atoms with Crippen molar-refractivity contribution < 1.29 is 14.7 Å². The number of nitrogens with one attached hydrogen (secondary N) is 1. The van der Waals surface area contributed by atoms with Gasteiger partial charge in [0, 0.05) is 10.6 Å². The van der Waals surface area contributed by atoms with Crippen molar-refractivity contribution in [1.29, 1.82) is 0 Å². The van der Waals surface area contributed by atoms with Crippen molar-refractivity contribution in [2.75, 3.05) is 5.75 Å². The molecule has 0 aliphatic rings. The highest BCUT2D eigenvalue weighted by atomic mass is 35.5. The molecule has 7 heteroatoms. The van der Waals surface area contributed by atoms with Crippen LogP contribution in [0.4, 0.5) is 0 Å². The van der Waals surface area contributed by atoms with Gasteiger partial charge in [-0.05, 0) is 24.5 Å². The lowest BCUT2D eigenvalue weighted by atomic mass is 10.0. The third kappa shape index (κ3) is 6.63. The van der Waals surface area contributed by atoms with Gasteiger partial charge in [0.1, 0.15) is 6.04 Å². The molecule has 0 aromatic carbocycles. The Morgan fingerprint density at radius 2 is 2.15 bits per heavy atom. The topological polar surface area (TPSA) is 66.4 Å². The van der Waals surface area contributed by atoms with E-state index in [0.29, 0.717) is 12.2 Å². The zero-order chi connectivity index (χ0) is 15.1. The minimum absolute atomic E-state index is 0.220. The van der Waals surface area contributed by atoms with Crippen LogP contribution >= 0.6 is 34.7 Å². The Kier molecular flexibility index (Phi) is 7.40. The largest absolute Gasteiger partial charge is 0.480 e. The maximum atomic E-state index is 11.7. The summed E-state index contributed by atoms with van der Waals surface area (Å²) < 4.78 is 0.730. The smallest absolute Gasteiger partial charge is 0.326 e. The van der Waals surface area contributed by atoms with E-state index in [2.05, 4.69) is 5.32 Å². The highest BCUT2D eigenvalue weighted by Gasteiger charge is 2.20. The van der Waals surface area contributed by atoms with Crippen molar-refractivity contribution in [3.8, 4) is 0 Å². The molecule has 4 nitrogen and oxygen atoms in total. The molecule has 1 aromatic rings. The molecule has 0 saturated heterocycles. The molecule has 2 N–H and O–H groups in total. The SMILES string of the molecule is CC(C)C[C@H](NC(=O)CSCc1ccc(Cl)s1)C(=O)O. The number of carboxylic acid groups (broad SMARTS) is 1. The van der Waals surface area contributed by atoms with Gasteiger partial charge < -0.3 is 10.4 Å². The van der Waals surface area contributed by atoms with Crippen LogP contribution in [0.5, 0.6) is 0 Å². The van der Waals surface area contributed by atoms with E-state index < -0.39 is 12.0 Å². The first kappa shape index (κ1) is 17.3. The van der Waals surface area contributed by atoms with E-state index in [-0.39, 0.29) is 17.6 Å². The second-order valence-electron chi connectivity index (χ2n) is 4.79. The van der Waals surface area contributed by atoms with Gasteiger partial charge in [0.15, 0.2) is 0 Å². The molecule has 1 heterocycles. The maximum Gasteiger partial charge on any atom is 0.326 e. The molecule has 1 rings (SSSR count). The van der Waals surface area contributed by atoms with Gasteiger partial charge >= 0.3 is 5.97 Å². The molecular weight excluding hydrogens is 318 g/mol. The summed E-state index contributed by atoms with van der Waals surface area (Å²) in [6.45, 7) is 3.86. The second-order valence-corrected chi connectivity index (χ2v) is 7.57. The van der Waals surface area contributed by atoms with Crippen LogP contribution in [0.15, 0.2) is 12.1 Å². The highest BCUT2D eigenvalue weighted by molar-refractivity contribution is 7.99. The summed E-state index contributed by atoms with van der Waals surface area (Å²) in [5, 5.41) is 11.6. The van der Waals surface area contributed by atoms with Crippen LogP contribution in [-0.4, -0.2) is 28.8 Å². The van der Waals surface area contributed by atoms with Gasteiger partial charge in [-0.1, -0.05) is 25.4 Å². The average Bonchev–Trinajstić information content (AvgIpc) is 2.73. The van der Waals surface area contributed by atoms with Crippen molar-refractivity contribution in [2.45, 2.75) is 32.1 Å². The summed E-state index contributed by atoms with van der Waals surface area (Å²) in [4.78, 5) is 23.9. The van der Waals surface area contributed by atoms with Gasteiger partial charge in [-0.3, -0.25) is 4.79 Å². The molecule has 0 radical (unpaired) electrons. The molecule has 1 atom stereocenters. The predicted octanol–water partition coefficient (Wildman–Crippen LogP) is 3.25. The molecule has 0 spiro atoms. The normalized spacial score (nSPS) is 12.4. The molecule has 0 aliphatic carbocycles. The molecular formula is C13H18ClNO3S2. The molecule has 0 saturated carbocycles. The lowest BCUT2D eigenvalue weighted by Gasteiger charge is -2.16. The number of rotatable bonds is 8. The van der Waals surface area contributed by atoms with Crippen LogP contribution in [0, 0.1) is 5.92 Å². The molecule has 0 bridgehead atoms. The first-order valence-corrected chi connectivity index (χ1v) is 8.57. The lowest BCUT2D eigenvalue weighted by molar-refractivity contribution is -0.141. The van der Waals surface area contributed by atoms with Crippen molar-refractivity contribution in [1.82, 2.24) is 5.32 Å². The van der Waals surface area contributed by atoms with Crippen LogP contribution in [0.25, 0.3) is 0 Å². The molecule has 0 fully saturated rings.